The number of alkyl halides is 3. The van der Waals surface area contributed by atoms with Gasteiger partial charge in [0.15, 0.2) is 0 Å². The van der Waals surface area contributed by atoms with Gasteiger partial charge in [-0.3, -0.25) is 4.79 Å². The van der Waals surface area contributed by atoms with Gasteiger partial charge in [0.05, 0.1) is 5.56 Å². The molecule has 8 heteroatoms. The van der Waals surface area contributed by atoms with Gasteiger partial charge in [-0.2, -0.15) is 13.2 Å². The zero-order valence-corrected chi connectivity index (χ0v) is 11.6. The molecule has 116 valence electrons. The first-order valence-electron chi connectivity index (χ1n) is 6.07. The lowest BCUT2D eigenvalue weighted by atomic mass is 10.1. The molecule has 0 aliphatic rings. The summed E-state index contributed by atoms with van der Waals surface area (Å²) in [5.74, 6) is -1.05. The van der Waals surface area contributed by atoms with Crippen LogP contribution < -0.4 is 5.73 Å². The zero-order chi connectivity index (χ0) is 16.2. The monoisotopic (exact) mass is 303 g/mol. The Morgan fingerprint density at radius 1 is 1.48 bits per heavy atom. The Balaban J connectivity index is 2.89. The molecule has 21 heavy (non-hydrogen) atoms. The minimum Gasteiger partial charge on any atom is -0.409 e. The molecule has 0 aliphatic heterocycles. The van der Waals surface area contributed by atoms with Crippen molar-refractivity contribution in [3.05, 3.63) is 35.4 Å². The van der Waals surface area contributed by atoms with Crippen molar-refractivity contribution in [2.45, 2.75) is 13.1 Å². The molecule has 0 fully saturated rings. The molecular formula is C13H16F3N3O2. The van der Waals surface area contributed by atoms with Crippen molar-refractivity contribution < 1.29 is 23.2 Å². The minimum atomic E-state index is -4.50. The van der Waals surface area contributed by atoms with Crippen LogP contribution in [-0.4, -0.2) is 35.4 Å². The van der Waals surface area contributed by atoms with Gasteiger partial charge >= 0.3 is 6.18 Å². The van der Waals surface area contributed by atoms with Crippen molar-refractivity contribution in [2.75, 3.05) is 13.6 Å². The number of nitrogens with two attached hydrogens (primary N) is 1. The Hall–Kier alpha value is -2.25. The fourth-order valence-corrected chi connectivity index (χ4v) is 1.73. The normalized spacial score (nSPS) is 13.9. The summed E-state index contributed by atoms with van der Waals surface area (Å²) >= 11 is 0. The maximum absolute atomic E-state index is 12.6. The molecule has 3 N–H and O–H groups in total. The van der Waals surface area contributed by atoms with Gasteiger partial charge in [0.25, 0.3) is 5.91 Å². The van der Waals surface area contributed by atoms with E-state index in [-0.39, 0.29) is 17.9 Å². The van der Waals surface area contributed by atoms with E-state index < -0.39 is 23.6 Å². The molecule has 1 aromatic rings. The van der Waals surface area contributed by atoms with Crippen molar-refractivity contribution in [2.24, 2.45) is 16.8 Å². The van der Waals surface area contributed by atoms with Crippen molar-refractivity contribution in [1.82, 2.24) is 4.90 Å². The van der Waals surface area contributed by atoms with E-state index in [1.807, 2.05) is 0 Å². The van der Waals surface area contributed by atoms with Crippen molar-refractivity contribution in [1.29, 1.82) is 0 Å². The summed E-state index contributed by atoms with van der Waals surface area (Å²) in [7, 11) is 1.43. The number of amides is 1. The highest BCUT2D eigenvalue weighted by Crippen LogP contribution is 2.29. The summed E-state index contributed by atoms with van der Waals surface area (Å²) < 4.78 is 37.8. The molecule has 1 rings (SSSR count). The molecule has 1 atom stereocenters. The summed E-state index contributed by atoms with van der Waals surface area (Å²) in [4.78, 5) is 13.3. The van der Waals surface area contributed by atoms with Crippen LogP contribution in [0.4, 0.5) is 13.2 Å². The highest BCUT2D eigenvalue weighted by molar-refractivity contribution is 5.94. The Morgan fingerprint density at radius 2 is 2.10 bits per heavy atom. The van der Waals surface area contributed by atoms with Crippen molar-refractivity contribution >= 4 is 11.7 Å². The van der Waals surface area contributed by atoms with Crippen LogP contribution in [0.3, 0.4) is 0 Å². The number of halogens is 3. The third-order valence-electron chi connectivity index (χ3n) is 2.95. The Labute approximate surface area is 119 Å². The first-order chi connectivity index (χ1) is 9.66. The minimum absolute atomic E-state index is 0.0568. The summed E-state index contributed by atoms with van der Waals surface area (Å²) in [6.07, 6.45) is -4.50. The van der Waals surface area contributed by atoms with Crippen LogP contribution in [0.15, 0.2) is 29.4 Å². The van der Waals surface area contributed by atoms with Gasteiger partial charge in [0, 0.05) is 25.1 Å². The summed E-state index contributed by atoms with van der Waals surface area (Å²) in [5, 5.41) is 11.4. The molecule has 1 amide bonds. The number of nitrogens with zero attached hydrogens (tertiary/aromatic N) is 2. The SMILES string of the molecule is CC(CN(C)C(=O)c1cccc(C(F)(F)F)c1)C(N)=NO. The smallest absolute Gasteiger partial charge is 0.409 e. The number of carbonyl (C=O) groups excluding carboxylic acids is 1. The Kier molecular flexibility index (Phi) is 5.17. The average molecular weight is 303 g/mol. The summed E-state index contributed by atoms with van der Waals surface area (Å²) in [6.45, 7) is 1.75. The molecule has 0 saturated heterocycles. The van der Waals surface area contributed by atoms with Gasteiger partial charge in [0.2, 0.25) is 0 Å². The molecule has 0 heterocycles. The molecule has 5 nitrogen and oxygen atoms in total. The molecule has 0 aromatic heterocycles. The fourth-order valence-electron chi connectivity index (χ4n) is 1.73. The van der Waals surface area contributed by atoms with Gasteiger partial charge in [-0.1, -0.05) is 18.1 Å². The second kappa shape index (κ2) is 6.47. The number of carbonyl (C=O) groups is 1. The van der Waals surface area contributed by atoms with Crippen LogP contribution in [-0.2, 0) is 6.18 Å². The lowest BCUT2D eigenvalue weighted by Gasteiger charge is -2.21. The quantitative estimate of drug-likeness (QED) is 0.387. The van der Waals surface area contributed by atoms with Gasteiger partial charge in [-0.15, -0.1) is 0 Å². The van der Waals surface area contributed by atoms with Crippen LogP contribution >= 0.6 is 0 Å². The van der Waals surface area contributed by atoms with E-state index in [2.05, 4.69) is 5.16 Å². The molecule has 0 spiro atoms. The second-order valence-electron chi connectivity index (χ2n) is 4.69. The lowest BCUT2D eigenvalue weighted by molar-refractivity contribution is -0.137. The van der Waals surface area contributed by atoms with Crippen molar-refractivity contribution in [3.63, 3.8) is 0 Å². The number of benzene rings is 1. The van der Waals surface area contributed by atoms with E-state index in [4.69, 9.17) is 10.9 Å². The zero-order valence-electron chi connectivity index (χ0n) is 11.6. The van der Waals surface area contributed by atoms with Gasteiger partial charge < -0.3 is 15.8 Å². The van der Waals surface area contributed by atoms with Gasteiger partial charge in [-0.25, -0.2) is 0 Å². The van der Waals surface area contributed by atoms with E-state index in [9.17, 15) is 18.0 Å². The average Bonchev–Trinajstić information content (AvgIpc) is 2.44. The maximum Gasteiger partial charge on any atom is 0.416 e. The predicted octanol–water partition coefficient (Wildman–Crippen LogP) is 2.16. The Bertz CT molecular complexity index is 544. The van der Waals surface area contributed by atoms with E-state index in [1.54, 1.807) is 6.92 Å². The first-order valence-corrected chi connectivity index (χ1v) is 6.07. The molecule has 0 bridgehead atoms. The number of oxime groups is 1. The molecule has 1 aromatic carbocycles. The lowest BCUT2D eigenvalue weighted by Crippen LogP contribution is -2.36. The van der Waals surface area contributed by atoms with E-state index >= 15 is 0 Å². The van der Waals surface area contributed by atoms with Gasteiger partial charge in [-0.05, 0) is 18.2 Å². The predicted molar refractivity (Wildman–Crippen MR) is 71.0 cm³/mol. The topological polar surface area (TPSA) is 78.9 Å². The number of hydrogen-bond donors (Lipinski definition) is 2. The molecule has 0 aliphatic carbocycles. The number of amidine groups is 1. The standard InChI is InChI=1S/C13H16F3N3O2/c1-8(11(17)18-21)7-19(2)12(20)9-4-3-5-10(6-9)13(14,15)16/h3-6,8,21H,7H2,1-2H3,(H2,17,18). The fraction of sp³-hybridized carbons (Fsp3) is 0.385. The molecule has 0 saturated carbocycles. The second-order valence-corrected chi connectivity index (χ2v) is 4.69. The largest absolute Gasteiger partial charge is 0.416 e. The number of hydrogen-bond acceptors (Lipinski definition) is 3. The Morgan fingerprint density at radius 3 is 2.62 bits per heavy atom. The van der Waals surface area contributed by atoms with Crippen LogP contribution in [0.2, 0.25) is 0 Å². The highest BCUT2D eigenvalue weighted by Gasteiger charge is 2.31. The van der Waals surface area contributed by atoms with Crippen LogP contribution in [0.25, 0.3) is 0 Å². The maximum atomic E-state index is 12.6. The first kappa shape index (κ1) is 16.8. The van der Waals surface area contributed by atoms with E-state index in [1.165, 1.54) is 24.1 Å². The third-order valence-corrected chi connectivity index (χ3v) is 2.95. The van der Waals surface area contributed by atoms with Crippen LogP contribution in [0, 0.1) is 5.92 Å². The van der Waals surface area contributed by atoms with Crippen LogP contribution in [0.1, 0.15) is 22.8 Å². The molecular weight excluding hydrogens is 287 g/mol. The summed E-state index contributed by atoms with van der Waals surface area (Å²) in [5.41, 5.74) is 4.44. The van der Waals surface area contributed by atoms with Gasteiger partial charge in [0.1, 0.15) is 5.84 Å². The number of rotatable bonds is 4. The molecule has 0 radical (unpaired) electrons. The van der Waals surface area contributed by atoms with E-state index in [0.29, 0.717) is 0 Å². The molecule has 1 unspecified atom stereocenters. The third kappa shape index (κ3) is 4.37. The van der Waals surface area contributed by atoms with Crippen LogP contribution in [0.5, 0.6) is 0 Å². The highest BCUT2D eigenvalue weighted by atomic mass is 19.4. The van der Waals surface area contributed by atoms with Crippen molar-refractivity contribution in [3.8, 4) is 0 Å². The summed E-state index contributed by atoms with van der Waals surface area (Å²) in [6, 6.07) is 4.18. The van der Waals surface area contributed by atoms with E-state index in [0.717, 1.165) is 12.1 Å².